The Bertz CT molecular complexity index is 988. The maximum Gasteiger partial charge on any atom is 0.335 e. The van der Waals surface area contributed by atoms with Gasteiger partial charge in [0.2, 0.25) is 0 Å². The molecule has 0 atom stereocenters. The average molecular weight is 410 g/mol. The van der Waals surface area contributed by atoms with Crippen molar-refractivity contribution < 1.29 is 19.5 Å². The first-order valence-electron chi connectivity index (χ1n) is 9.79. The van der Waals surface area contributed by atoms with Gasteiger partial charge in [0, 0.05) is 24.1 Å². The Morgan fingerprint density at radius 3 is 2.69 bits per heavy atom. The first-order chi connectivity index (χ1) is 14.0. The van der Waals surface area contributed by atoms with Crippen LogP contribution in [0.5, 0.6) is 0 Å². The van der Waals surface area contributed by atoms with E-state index in [4.69, 9.17) is 0 Å². The lowest BCUT2D eigenvalue weighted by atomic mass is 9.89. The van der Waals surface area contributed by atoms with Gasteiger partial charge in [0.05, 0.1) is 10.5 Å². The van der Waals surface area contributed by atoms with Crippen molar-refractivity contribution in [3.8, 4) is 5.69 Å². The number of nitrogens with zero attached hydrogens (tertiary/aromatic N) is 2. The first-order valence-corrected chi connectivity index (χ1v) is 10.6. The second kappa shape index (κ2) is 8.29. The summed E-state index contributed by atoms with van der Waals surface area (Å²) in [5, 5.41) is 9.01. The van der Waals surface area contributed by atoms with Crippen molar-refractivity contribution in [1.82, 2.24) is 9.47 Å². The zero-order valence-electron chi connectivity index (χ0n) is 15.9. The van der Waals surface area contributed by atoms with Gasteiger partial charge in [0.15, 0.2) is 0 Å². The lowest BCUT2D eigenvalue weighted by Gasteiger charge is -2.25. The van der Waals surface area contributed by atoms with Crippen molar-refractivity contribution in [3.63, 3.8) is 0 Å². The van der Waals surface area contributed by atoms with Gasteiger partial charge in [-0.15, -0.1) is 0 Å². The first kappa shape index (κ1) is 19.5. The van der Waals surface area contributed by atoms with Gasteiger partial charge in [0.25, 0.3) is 11.1 Å². The van der Waals surface area contributed by atoms with E-state index in [1.54, 1.807) is 30.5 Å². The summed E-state index contributed by atoms with van der Waals surface area (Å²) in [4.78, 5) is 38.3. The Balaban J connectivity index is 1.57. The number of hydrogen-bond acceptors (Lipinski definition) is 4. The van der Waals surface area contributed by atoms with E-state index in [1.807, 2.05) is 16.7 Å². The topological polar surface area (TPSA) is 79.6 Å². The molecule has 2 amide bonds. The van der Waals surface area contributed by atoms with Gasteiger partial charge in [-0.25, -0.2) is 4.79 Å². The minimum Gasteiger partial charge on any atom is -0.478 e. The number of amides is 2. The van der Waals surface area contributed by atoms with Crippen LogP contribution in [0.25, 0.3) is 11.8 Å². The fourth-order valence-corrected chi connectivity index (χ4v) is 4.79. The number of carboxylic acids is 1. The van der Waals surface area contributed by atoms with Crippen molar-refractivity contribution in [2.45, 2.75) is 32.1 Å². The van der Waals surface area contributed by atoms with Crippen molar-refractivity contribution in [2.24, 2.45) is 5.92 Å². The number of imide groups is 1. The second-order valence-electron chi connectivity index (χ2n) is 7.45. The van der Waals surface area contributed by atoms with Gasteiger partial charge in [-0.05, 0) is 66.9 Å². The lowest BCUT2D eigenvalue weighted by molar-refractivity contribution is -0.123. The summed E-state index contributed by atoms with van der Waals surface area (Å²) in [6.45, 7) is 0.504. The molecular formula is C22H22N2O4S. The molecule has 150 valence electrons. The molecule has 1 aromatic carbocycles. The molecule has 6 nitrogen and oxygen atoms in total. The predicted molar refractivity (Wildman–Crippen MR) is 112 cm³/mol. The summed E-state index contributed by atoms with van der Waals surface area (Å²) < 4.78 is 1.81. The van der Waals surface area contributed by atoms with E-state index in [0.29, 0.717) is 23.1 Å². The van der Waals surface area contributed by atoms with Crippen LogP contribution in [0, 0.1) is 5.92 Å². The normalized spacial score (nSPS) is 19.3. The average Bonchev–Trinajstić information content (AvgIpc) is 3.29. The summed E-state index contributed by atoms with van der Waals surface area (Å²) in [5.74, 6) is -0.832. The van der Waals surface area contributed by atoms with Gasteiger partial charge in [-0.1, -0.05) is 25.3 Å². The van der Waals surface area contributed by atoms with E-state index >= 15 is 0 Å². The molecule has 0 bridgehead atoms. The van der Waals surface area contributed by atoms with Crippen LogP contribution >= 0.6 is 11.8 Å². The van der Waals surface area contributed by atoms with Crippen molar-refractivity contribution in [1.29, 1.82) is 0 Å². The second-order valence-corrected chi connectivity index (χ2v) is 8.45. The third-order valence-electron chi connectivity index (χ3n) is 5.47. The highest BCUT2D eigenvalue weighted by molar-refractivity contribution is 8.18. The van der Waals surface area contributed by atoms with Crippen molar-refractivity contribution in [2.75, 3.05) is 6.54 Å². The predicted octanol–water partition coefficient (Wildman–Crippen LogP) is 4.79. The van der Waals surface area contributed by atoms with Crippen LogP contribution in [0.15, 0.2) is 47.5 Å². The minimum absolute atomic E-state index is 0.190. The highest BCUT2D eigenvalue weighted by atomic mass is 32.2. The Labute approximate surface area is 173 Å². The summed E-state index contributed by atoms with van der Waals surface area (Å²) in [6, 6.07) is 10.3. The molecule has 2 aromatic rings. The molecule has 1 saturated heterocycles. The molecule has 2 heterocycles. The summed E-state index contributed by atoms with van der Waals surface area (Å²) in [5.41, 5.74) is 1.59. The van der Waals surface area contributed by atoms with Crippen LogP contribution < -0.4 is 0 Å². The van der Waals surface area contributed by atoms with Crippen molar-refractivity contribution >= 4 is 35.0 Å². The number of aromatic nitrogens is 1. The zero-order chi connectivity index (χ0) is 20.4. The molecule has 0 unspecified atom stereocenters. The highest BCUT2D eigenvalue weighted by Crippen LogP contribution is 2.35. The molecular weight excluding hydrogens is 388 g/mol. The Hall–Kier alpha value is -2.80. The van der Waals surface area contributed by atoms with Crippen LogP contribution in [0.3, 0.4) is 0 Å². The lowest BCUT2D eigenvalue weighted by Crippen LogP contribution is -2.34. The smallest absolute Gasteiger partial charge is 0.335 e. The van der Waals surface area contributed by atoms with E-state index in [9.17, 15) is 19.5 Å². The monoisotopic (exact) mass is 410 g/mol. The molecule has 1 saturated carbocycles. The fourth-order valence-electron chi connectivity index (χ4n) is 3.96. The Kier molecular flexibility index (Phi) is 5.58. The SMILES string of the molecule is O=C(O)c1cccc(-n2cccc2/C=C2/SC(=O)N(CC3CCCCC3)C2=O)c1. The molecule has 29 heavy (non-hydrogen) atoms. The quantitative estimate of drug-likeness (QED) is 0.717. The highest BCUT2D eigenvalue weighted by Gasteiger charge is 2.36. The maximum atomic E-state index is 12.8. The zero-order valence-corrected chi connectivity index (χ0v) is 16.7. The number of thioether (sulfide) groups is 1. The van der Waals surface area contributed by atoms with Gasteiger partial charge in [-0.2, -0.15) is 0 Å². The molecule has 1 aliphatic carbocycles. The number of rotatable bonds is 5. The van der Waals surface area contributed by atoms with Crippen molar-refractivity contribution in [3.05, 3.63) is 58.8 Å². The number of carboxylic acid groups (broad SMARTS) is 1. The van der Waals surface area contributed by atoms with Crippen LogP contribution in [0.4, 0.5) is 4.79 Å². The summed E-state index contributed by atoms with van der Waals surface area (Å²) >= 11 is 0.972. The molecule has 4 rings (SSSR count). The fraction of sp³-hybridized carbons (Fsp3) is 0.318. The maximum absolute atomic E-state index is 12.8. The number of aromatic carboxylic acids is 1. The standard InChI is InChI=1S/C22H22N2O4S/c25-20-19(29-22(28)24(20)14-15-6-2-1-3-7-15)13-18-10-5-11-23(18)17-9-4-8-16(12-17)21(26)27/h4-5,8-13,15H,1-3,6-7,14H2,(H,26,27)/b19-13+. The third kappa shape index (κ3) is 4.15. The number of carbonyl (C=O) groups excluding carboxylic acids is 2. The largest absolute Gasteiger partial charge is 0.478 e. The van der Waals surface area contributed by atoms with Crippen LogP contribution in [0.2, 0.25) is 0 Å². The number of benzene rings is 1. The Morgan fingerprint density at radius 1 is 1.14 bits per heavy atom. The molecule has 7 heteroatoms. The number of hydrogen-bond donors (Lipinski definition) is 1. The molecule has 0 spiro atoms. The van der Waals surface area contributed by atoms with Crippen LogP contribution in [-0.4, -0.2) is 38.2 Å². The minimum atomic E-state index is -0.996. The van der Waals surface area contributed by atoms with Gasteiger partial charge in [0.1, 0.15) is 0 Å². The number of carbonyl (C=O) groups is 3. The van der Waals surface area contributed by atoms with Crippen LogP contribution in [0.1, 0.15) is 48.2 Å². The van der Waals surface area contributed by atoms with E-state index in [0.717, 1.165) is 30.3 Å². The summed E-state index contributed by atoms with van der Waals surface area (Å²) in [7, 11) is 0. The third-order valence-corrected chi connectivity index (χ3v) is 6.38. The molecule has 0 radical (unpaired) electrons. The molecule has 2 fully saturated rings. The Morgan fingerprint density at radius 2 is 1.93 bits per heavy atom. The van der Waals surface area contributed by atoms with Gasteiger partial charge < -0.3 is 9.67 Å². The van der Waals surface area contributed by atoms with Gasteiger partial charge in [-0.3, -0.25) is 14.5 Å². The van der Waals surface area contributed by atoms with E-state index in [-0.39, 0.29) is 16.7 Å². The van der Waals surface area contributed by atoms with Crippen LogP contribution in [-0.2, 0) is 4.79 Å². The van der Waals surface area contributed by atoms with E-state index in [2.05, 4.69) is 0 Å². The van der Waals surface area contributed by atoms with E-state index in [1.165, 1.54) is 30.2 Å². The molecule has 2 aliphatic rings. The van der Waals surface area contributed by atoms with Gasteiger partial charge >= 0.3 is 5.97 Å². The molecule has 1 aliphatic heterocycles. The molecule has 1 N–H and O–H groups in total. The van der Waals surface area contributed by atoms with E-state index < -0.39 is 5.97 Å². The molecule has 1 aromatic heterocycles. The summed E-state index contributed by atoms with van der Waals surface area (Å²) in [6.07, 6.45) is 9.23.